The molecule has 6 heteroatoms. The number of carbonyl (C=O) groups excluding carboxylic acids is 1. The minimum atomic E-state index is -0.137. The van der Waals surface area contributed by atoms with Gasteiger partial charge in [0.2, 0.25) is 5.82 Å². The summed E-state index contributed by atoms with van der Waals surface area (Å²) in [6, 6.07) is 0.0963. The van der Waals surface area contributed by atoms with Gasteiger partial charge in [0.05, 0.1) is 0 Å². The Kier molecular flexibility index (Phi) is 2.20. The van der Waals surface area contributed by atoms with Crippen LogP contribution in [0.2, 0.25) is 0 Å². The van der Waals surface area contributed by atoms with Gasteiger partial charge in [-0.05, 0) is 13.3 Å². The first kappa shape index (κ1) is 9.14. The molecule has 6 nitrogen and oxygen atoms in total. The van der Waals surface area contributed by atoms with Crippen molar-refractivity contribution in [3.63, 3.8) is 0 Å². The number of nitrogens with zero attached hydrogens (tertiary/aromatic N) is 3. The molecule has 1 atom stereocenters. The molecule has 0 saturated carbocycles. The molecule has 1 saturated heterocycles. The molecule has 1 aliphatic heterocycles. The van der Waals surface area contributed by atoms with Gasteiger partial charge in [-0.2, -0.15) is 0 Å². The van der Waals surface area contributed by atoms with E-state index in [9.17, 15) is 4.79 Å². The average Bonchev–Trinajstić information content (AvgIpc) is 2.73. The van der Waals surface area contributed by atoms with Gasteiger partial charge < -0.3 is 10.6 Å². The lowest BCUT2D eigenvalue weighted by Crippen LogP contribution is -2.32. The van der Waals surface area contributed by atoms with E-state index in [1.165, 1.54) is 0 Å². The highest BCUT2D eigenvalue weighted by atomic mass is 16.2. The Morgan fingerprint density at radius 2 is 2.50 bits per heavy atom. The van der Waals surface area contributed by atoms with Crippen molar-refractivity contribution in [1.82, 2.24) is 20.1 Å². The van der Waals surface area contributed by atoms with Crippen LogP contribution >= 0.6 is 0 Å². The summed E-state index contributed by atoms with van der Waals surface area (Å²) in [7, 11) is 0. The van der Waals surface area contributed by atoms with Crippen LogP contribution in [0.3, 0.4) is 0 Å². The summed E-state index contributed by atoms with van der Waals surface area (Å²) in [5.74, 6) is 0.746. The monoisotopic (exact) mass is 195 g/mol. The van der Waals surface area contributed by atoms with E-state index in [0.29, 0.717) is 18.9 Å². The van der Waals surface area contributed by atoms with Crippen molar-refractivity contribution in [2.75, 3.05) is 13.1 Å². The SMILES string of the molecule is Cc1nc(C(=O)N2CC[C@@H](N)C2)n[nH]1. The molecule has 0 radical (unpaired) electrons. The van der Waals surface area contributed by atoms with Crippen molar-refractivity contribution in [3.05, 3.63) is 11.6 Å². The fourth-order valence-electron chi connectivity index (χ4n) is 1.55. The van der Waals surface area contributed by atoms with Crippen LogP contribution in [0.4, 0.5) is 0 Å². The van der Waals surface area contributed by atoms with Gasteiger partial charge >= 0.3 is 0 Å². The normalized spacial score (nSPS) is 21.6. The summed E-state index contributed by atoms with van der Waals surface area (Å²) in [5.41, 5.74) is 5.70. The standard InChI is InChI=1S/C8H13N5O/c1-5-10-7(12-11-5)8(14)13-3-2-6(9)4-13/h6H,2-4,9H2,1H3,(H,10,11,12)/t6-/m1/s1. The fraction of sp³-hybridized carbons (Fsp3) is 0.625. The number of likely N-dealkylation sites (tertiary alicyclic amines) is 1. The van der Waals surface area contributed by atoms with Crippen molar-refractivity contribution in [3.8, 4) is 0 Å². The third-order valence-corrected chi connectivity index (χ3v) is 2.30. The Morgan fingerprint density at radius 1 is 1.71 bits per heavy atom. The smallest absolute Gasteiger partial charge is 0.293 e. The first-order valence-electron chi connectivity index (χ1n) is 4.60. The molecule has 2 heterocycles. The number of carbonyl (C=O) groups is 1. The van der Waals surface area contributed by atoms with Crippen LogP contribution in [0.25, 0.3) is 0 Å². The highest BCUT2D eigenvalue weighted by Crippen LogP contribution is 2.09. The predicted molar refractivity (Wildman–Crippen MR) is 49.6 cm³/mol. The Bertz CT molecular complexity index is 347. The summed E-state index contributed by atoms with van der Waals surface area (Å²) >= 11 is 0. The Labute approximate surface area is 81.5 Å². The molecule has 76 valence electrons. The minimum absolute atomic E-state index is 0.0963. The van der Waals surface area contributed by atoms with Crippen LogP contribution in [-0.4, -0.2) is 45.1 Å². The zero-order chi connectivity index (χ0) is 10.1. The van der Waals surface area contributed by atoms with Crippen LogP contribution < -0.4 is 5.73 Å². The zero-order valence-electron chi connectivity index (χ0n) is 8.03. The van der Waals surface area contributed by atoms with Gasteiger partial charge in [-0.1, -0.05) is 0 Å². The van der Waals surface area contributed by atoms with E-state index < -0.39 is 0 Å². The number of H-pyrrole nitrogens is 1. The maximum atomic E-state index is 11.7. The topological polar surface area (TPSA) is 87.9 Å². The summed E-state index contributed by atoms with van der Waals surface area (Å²) in [5, 5.41) is 6.46. The fourth-order valence-corrected chi connectivity index (χ4v) is 1.55. The third kappa shape index (κ3) is 1.60. The van der Waals surface area contributed by atoms with Crippen LogP contribution in [0.15, 0.2) is 0 Å². The third-order valence-electron chi connectivity index (χ3n) is 2.30. The highest BCUT2D eigenvalue weighted by molar-refractivity contribution is 5.90. The van der Waals surface area contributed by atoms with Crippen LogP contribution in [0.5, 0.6) is 0 Å². The number of hydrogen-bond acceptors (Lipinski definition) is 4. The molecule has 0 spiro atoms. The van der Waals surface area contributed by atoms with E-state index in [-0.39, 0.29) is 17.8 Å². The van der Waals surface area contributed by atoms with Crippen LogP contribution in [0.1, 0.15) is 22.9 Å². The van der Waals surface area contributed by atoms with Crippen molar-refractivity contribution in [2.45, 2.75) is 19.4 Å². The number of amides is 1. The van der Waals surface area contributed by atoms with Gasteiger partial charge in [-0.25, -0.2) is 4.98 Å². The van der Waals surface area contributed by atoms with E-state index in [1.807, 2.05) is 0 Å². The van der Waals surface area contributed by atoms with Gasteiger partial charge in [-0.15, -0.1) is 5.10 Å². The molecule has 3 N–H and O–H groups in total. The van der Waals surface area contributed by atoms with Gasteiger partial charge in [-0.3, -0.25) is 9.89 Å². The summed E-state index contributed by atoms with van der Waals surface area (Å²) < 4.78 is 0. The molecular formula is C8H13N5O. The molecular weight excluding hydrogens is 182 g/mol. The summed E-state index contributed by atoms with van der Waals surface area (Å²) in [6.45, 7) is 3.07. The maximum absolute atomic E-state index is 11.7. The zero-order valence-corrected chi connectivity index (χ0v) is 8.03. The Hall–Kier alpha value is -1.43. The number of aromatic amines is 1. The molecule has 1 amide bonds. The van der Waals surface area contributed by atoms with Crippen LogP contribution in [0, 0.1) is 6.92 Å². The second kappa shape index (κ2) is 3.38. The average molecular weight is 195 g/mol. The molecule has 0 aromatic carbocycles. The van der Waals surface area contributed by atoms with Gasteiger partial charge in [0.25, 0.3) is 5.91 Å². The number of nitrogens with one attached hydrogen (secondary N) is 1. The maximum Gasteiger partial charge on any atom is 0.293 e. The molecule has 0 unspecified atom stereocenters. The molecule has 2 rings (SSSR count). The van der Waals surface area contributed by atoms with E-state index in [2.05, 4.69) is 15.2 Å². The molecule has 1 aromatic heterocycles. The molecule has 0 bridgehead atoms. The number of aryl methyl sites for hydroxylation is 1. The lowest BCUT2D eigenvalue weighted by Gasteiger charge is -2.12. The van der Waals surface area contributed by atoms with Gasteiger partial charge in [0.15, 0.2) is 0 Å². The van der Waals surface area contributed by atoms with Crippen LogP contribution in [-0.2, 0) is 0 Å². The van der Waals surface area contributed by atoms with Crippen molar-refractivity contribution < 1.29 is 4.79 Å². The molecule has 1 aliphatic rings. The van der Waals surface area contributed by atoms with Gasteiger partial charge in [0.1, 0.15) is 5.82 Å². The minimum Gasteiger partial charge on any atom is -0.334 e. The lowest BCUT2D eigenvalue weighted by atomic mass is 10.3. The molecule has 1 aromatic rings. The molecule has 1 fully saturated rings. The number of hydrogen-bond donors (Lipinski definition) is 2. The summed E-state index contributed by atoms with van der Waals surface area (Å²) in [4.78, 5) is 17.4. The Balaban J connectivity index is 2.09. The largest absolute Gasteiger partial charge is 0.334 e. The highest BCUT2D eigenvalue weighted by Gasteiger charge is 2.26. The van der Waals surface area contributed by atoms with Crippen molar-refractivity contribution in [2.24, 2.45) is 5.73 Å². The van der Waals surface area contributed by atoms with Crippen molar-refractivity contribution >= 4 is 5.91 Å². The number of aromatic nitrogens is 3. The van der Waals surface area contributed by atoms with E-state index in [4.69, 9.17) is 5.73 Å². The Morgan fingerprint density at radius 3 is 3.00 bits per heavy atom. The quantitative estimate of drug-likeness (QED) is 0.619. The number of rotatable bonds is 1. The van der Waals surface area contributed by atoms with E-state index in [1.54, 1.807) is 11.8 Å². The first-order valence-corrected chi connectivity index (χ1v) is 4.60. The molecule has 14 heavy (non-hydrogen) atoms. The molecule has 0 aliphatic carbocycles. The first-order chi connectivity index (χ1) is 6.66. The van der Waals surface area contributed by atoms with Crippen molar-refractivity contribution in [1.29, 1.82) is 0 Å². The van der Waals surface area contributed by atoms with Gasteiger partial charge in [0, 0.05) is 19.1 Å². The van der Waals surface area contributed by atoms with E-state index in [0.717, 1.165) is 6.42 Å². The summed E-state index contributed by atoms with van der Waals surface area (Å²) in [6.07, 6.45) is 0.856. The predicted octanol–water partition coefficient (Wildman–Crippen LogP) is -0.714. The number of nitrogens with two attached hydrogens (primary N) is 1. The van der Waals surface area contributed by atoms with E-state index >= 15 is 0 Å². The lowest BCUT2D eigenvalue weighted by molar-refractivity contribution is 0.0779. The second-order valence-electron chi connectivity index (χ2n) is 3.54. The second-order valence-corrected chi connectivity index (χ2v) is 3.54.